The highest BCUT2D eigenvalue weighted by atomic mass is 16.5. The van der Waals surface area contributed by atoms with Crippen molar-refractivity contribution in [3.8, 4) is 11.8 Å². The van der Waals surface area contributed by atoms with E-state index in [0.717, 1.165) is 54.0 Å². The number of piperidine rings is 1. The topological polar surface area (TPSA) is 106 Å². The number of nitriles is 1. The maximum Gasteiger partial charge on any atom is 0.119 e. The Morgan fingerprint density at radius 3 is 3.04 bits per heavy atom. The highest BCUT2D eigenvalue weighted by Crippen LogP contribution is 2.35. The second-order valence-corrected chi connectivity index (χ2v) is 6.65. The molecule has 0 radical (unpaired) electrons. The third kappa shape index (κ3) is 3.17. The molecule has 3 heterocycles. The van der Waals surface area contributed by atoms with Crippen molar-refractivity contribution in [2.75, 3.05) is 25.1 Å². The molecule has 1 aromatic carbocycles. The van der Waals surface area contributed by atoms with Crippen LogP contribution in [0.4, 0.5) is 5.69 Å². The maximum absolute atomic E-state index is 9.66. The van der Waals surface area contributed by atoms with Gasteiger partial charge in [0, 0.05) is 31.2 Å². The minimum absolute atomic E-state index is 0.187. The molecule has 1 atom stereocenters. The molecule has 1 aliphatic rings. The molecule has 0 aliphatic carbocycles. The molecular weight excluding hydrogens is 342 g/mol. The number of hydrogen-bond donors (Lipinski definition) is 1. The number of aromatic nitrogens is 4. The van der Waals surface area contributed by atoms with Crippen LogP contribution in [0, 0.1) is 11.3 Å². The van der Waals surface area contributed by atoms with Crippen LogP contribution in [0.15, 0.2) is 30.6 Å². The SMILES string of the molecule is COc1ccc2ncc(C#N)c(N3CCCC(n4cc(CN)nn4)C3)c2c1. The van der Waals surface area contributed by atoms with Gasteiger partial charge in [-0.25, -0.2) is 4.68 Å². The third-order valence-electron chi connectivity index (χ3n) is 5.02. The quantitative estimate of drug-likeness (QED) is 0.755. The molecule has 1 unspecified atom stereocenters. The first kappa shape index (κ1) is 17.2. The zero-order chi connectivity index (χ0) is 18.8. The van der Waals surface area contributed by atoms with E-state index in [1.165, 1.54) is 0 Å². The molecule has 0 spiro atoms. The van der Waals surface area contributed by atoms with Gasteiger partial charge in [-0.15, -0.1) is 5.10 Å². The van der Waals surface area contributed by atoms with E-state index in [1.807, 2.05) is 29.1 Å². The number of nitrogens with zero attached hydrogens (tertiary/aromatic N) is 6. The molecule has 1 saturated heterocycles. The van der Waals surface area contributed by atoms with Gasteiger partial charge in [-0.1, -0.05) is 5.21 Å². The molecule has 1 fully saturated rings. The van der Waals surface area contributed by atoms with Crippen molar-refractivity contribution in [1.29, 1.82) is 5.26 Å². The molecule has 2 aromatic heterocycles. The van der Waals surface area contributed by atoms with E-state index in [2.05, 4.69) is 26.3 Å². The number of ether oxygens (including phenoxy) is 1. The fourth-order valence-corrected chi connectivity index (χ4v) is 3.67. The molecule has 27 heavy (non-hydrogen) atoms. The molecule has 138 valence electrons. The fourth-order valence-electron chi connectivity index (χ4n) is 3.67. The van der Waals surface area contributed by atoms with Crippen LogP contribution in [-0.2, 0) is 6.54 Å². The van der Waals surface area contributed by atoms with Crippen molar-refractivity contribution in [1.82, 2.24) is 20.0 Å². The number of methoxy groups -OCH3 is 1. The zero-order valence-corrected chi connectivity index (χ0v) is 15.2. The number of nitrogens with two attached hydrogens (primary N) is 1. The van der Waals surface area contributed by atoms with E-state index in [1.54, 1.807) is 13.3 Å². The molecule has 1 aliphatic heterocycles. The Morgan fingerprint density at radius 2 is 2.30 bits per heavy atom. The van der Waals surface area contributed by atoms with E-state index >= 15 is 0 Å². The van der Waals surface area contributed by atoms with E-state index < -0.39 is 0 Å². The van der Waals surface area contributed by atoms with Gasteiger partial charge in [0.2, 0.25) is 0 Å². The Hall–Kier alpha value is -3.18. The maximum atomic E-state index is 9.66. The van der Waals surface area contributed by atoms with E-state index in [9.17, 15) is 5.26 Å². The summed E-state index contributed by atoms with van der Waals surface area (Å²) in [7, 11) is 1.64. The van der Waals surface area contributed by atoms with Crippen LogP contribution in [-0.4, -0.2) is 40.2 Å². The second kappa shape index (κ2) is 7.21. The van der Waals surface area contributed by atoms with Crippen LogP contribution < -0.4 is 15.4 Å². The average Bonchev–Trinajstić information content (AvgIpc) is 3.22. The van der Waals surface area contributed by atoms with Crippen LogP contribution in [0.1, 0.15) is 30.1 Å². The molecule has 8 heteroatoms. The molecule has 3 aromatic rings. The van der Waals surface area contributed by atoms with Gasteiger partial charge in [0.15, 0.2) is 0 Å². The number of hydrogen-bond acceptors (Lipinski definition) is 7. The fraction of sp³-hybridized carbons (Fsp3) is 0.368. The molecule has 0 amide bonds. The van der Waals surface area contributed by atoms with Crippen LogP contribution >= 0.6 is 0 Å². The Kier molecular flexibility index (Phi) is 4.60. The summed E-state index contributed by atoms with van der Waals surface area (Å²) in [4.78, 5) is 6.68. The standard InChI is InChI=1S/C19H21N7O/c1-27-16-4-5-18-17(7-16)19(13(8-20)10-22-18)25-6-2-3-15(12-25)26-11-14(9-21)23-24-26/h4-5,7,10-11,15H,2-3,6,9,12,21H2,1H3. The highest BCUT2D eigenvalue weighted by molar-refractivity contribution is 5.95. The van der Waals surface area contributed by atoms with Crippen LogP contribution in [0.2, 0.25) is 0 Å². The second-order valence-electron chi connectivity index (χ2n) is 6.65. The molecule has 0 bridgehead atoms. The van der Waals surface area contributed by atoms with Gasteiger partial charge in [0.05, 0.1) is 41.8 Å². The third-order valence-corrected chi connectivity index (χ3v) is 5.02. The lowest BCUT2D eigenvalue weighted by molar-refractivity contribution is 0.369. The number of fused-ring (bicyclic) bond motifs is 1. The molecule has 8 nitrogen and oxygen atoms in total. The number of rotatable bonds is 4. The van der Waals surface area contributed by atoms with Gasteiger partial charge in [0.25, 0.3) is 0 Å². The first-order valence-electron chi connectivity index (χ1n) is 8.96. The summed E-state index contributed by atoms with van der Waals surface area (Å²) in [5.41, 5.74) is 8.76. The summed E-state index contributed by atoms with van der Waals surface area (Å²) >= 11 is 0. The summed E-state index contributed by atoms with van der Waals surface area (Å²) in [5.74, 6) is 0.748. The monoisotopic (exact) mass is 363 g/mol. The average molecular weight is 363 g/mol. The Labute approximate surface area is 157 Å². The summed E-state index contributed by atoms with van der Waals surface area (Å²) in [5, 5.41) is 18.9. The van der Waals surface area contributed by atoms with Gasteiger partial charge in [-0.2, -0.15) is 5.26 Å². The molecule has 4 rings (SSSR count). The van der Waals surface area contributed by atoms with Crippen LogP contribution in [0.25, 0.3) is 10.9 Å². The van der Waals surface area contributed by atoms with Gasteiger partial charge >= 0.3 is 0 Å². The van der Waals surface area contributed by atoms with Crippen molar-refractivity contribution in [2.24, 2.45) is 5.73 Å². The van der Waals surface area contributed by atoms with Crippen LogP contribution in [0.5, 0.6) is 5.75 Å². The largest absolute Gasteiger partial charge is 0.497 e. The lowest BCUT2D eigenvalue weighted by Gasteiger charge is -2.35. The van der Waals surface area contributed by atoms with Gasteiger partial charge < -0.3 is 15.4 Å². The van der Waals surface area contributed by atoms with Gasteiger partial charge in [-0.05, 0) is 31.0 Å². The number of anilines is 1. The summed E-state index contributed by atoms with van der Waals surface area (Å²) in [6.07, 6.45) is 5.57. The predicted octanol–water partition coefficient (Wildman–Crippen LogP) is 2.01. The highest BCUT2D eigenvalue weighted by Gasteiger charge is 2.26. The van der Waals surface area contributed by atoms with Crippen LogP contribution in [0.3, 0.4) is 0 Å². The molecule has 2 N–H and O–H groups in total. The Bertz CT molecular complexity index is 1010. The number of benzene rings is 1. The van der Waals surface area contributed by atoms with Crippen molar-refractivity contribution >= 4 is 16.6 Å². The minimum atomic E-state index is 0.187. The van der Waals surface area contributed by atoms with E-state index in [4.69, 9.17) is 10.5 Å². The first-order chi connectivity index (χ1) is 13.2. The first-order valence-corrected chi connectivity index (χ1v) is 8.96. The molecule has 0 saturated carbocycles. The van der Waals surface area contributed by atoms with Crippen molar-refractivity contribution in [3.05, 3.63) is 41.9 Å². The lowest BCUT2D eigenvalue weighted by Crippen LogP contribution is -2.37. The summed E-state index contributed by atoms with van der Waals surface area (Å²) in [6, 6.07) is 8.23. The van der Waals surface area contributed by atoms with Gasteiger partial charge in [-0.3, -0.25) is 4.98 Å². The van der Waals surface area contributed by atoms with Gasteiger partial charge in [0.1, 0.15) is 11.8 Å². The van der Waals surface area contributed by atoms with E-state index in [-0.39, 0.29) is 6.04 Å². The number of pyridine rings is 1. The smallest absolute Gasteiger partial charge is 0.119 e. The Morgan fingerprint density at radius 1 is 1.41 bits per heavy atom. The Balaban J connectivity index is 1.75. The lowest BCUT2D eigenvalue weighted by atomic mass is 10.0. The predicted molar refractivity (Wildman–Crippen MR) is 101 cm³/mol. The zero-order valence-electron chi connectivity index (χ0n) is 15.2. The van der Waals surface area contributed by atoms with Crippen molar-refractivity contribution in [2.45, 2.75) is 25.4 Å². The van der Waals surface area contributed by atoms with E-state index in [0.29, 0.717) is 12.1 Å². The van der Waals surface area contributed by atoms with Crippen molar-refractivity contribution in [3.63, 3.8) is 0 Å². The minimum Gasteiger partial charge on any atom is -0.497 e. The summed E-state index contributed by atoms with van der Waals surface area (Å²) in [6.45, 7) is 2.00. The van der Waals surface area contributed by atoms with Crippen molar-refractivity contribution < 1.29 is 4.74 Å². The normalized spacial score (nSPS) is 17.1. The molecular formula is C19H21N7O. The summed E-state index contributed by atoms with van der Waals surface area (Å²) < 4.78 is 7.27.